The summed E-state index contributed by atoms with van der Waals surface area (Å²) in [7, 11) is 0. The van der Waals surface area contributed by atoms with E-state index in [1.165, 1.54) is 5.69 Å². The van der Waals surface area contributed by atoms with E-state index >= 15 is 0 Å². The van der Waals surface area contributed by atoms with Crippen LogP contribution in [0.4, 0.5) is 0 Å². The SMILES string of the molecule is CC1CN(Cc2cnc3ccc(Br)cn23)C(C)CN1. The van der Waals surface area contributed by atoms with Crippen LogP contribution in [-0.2, 0) is 6.54 Å². The minimum Gasteiger partial charge on any atom is -0.311 e. The Kier molecular flexibility index (Phi) is 3.60. The summed E-state index contributed by atoms with van der Waals surface area (Å²) < 4.78 is 3.25. The van der Waals surface area contributed by atoms with Gasteiger partial charge in [0.15, 0.2) is 0 Å². The van der Waals surface area contributed by atoms with Gasteiger partial charge < -0.3 is 9.72 Å². The van der Waals surface area contributed by atoms with Crippen molar-refractivity contribution in [2.45, 2.75) is 32.5 Å². The Morgan fingerprint density at radius 1 is 1.42 bits per heavy atom. The summed E-state index contributed by atoms with van der Waals surface area (Å²) in [4.78, 5) is 6.99. The number of nitrogens with zero attached hydrogens (tertiary/aromatic N) is 3. The van der Waals surface area contributed by atoms with Crippen molar-refractivity contribution >= 4 is 21.6 Å². The third kappa shape index (κ3) is 2.68. The number of hydrogen-bond acceptors (Lipinski definition) is 3. The minimum absolute atomic E-state index is 0.558. The maximum absolute atomic E-state index is 4.47. The molecule has 1 aliphatic rings. The number of fused-ring (bicyclic) bond motifs is 1. The number of piperazine rings is 1. The highest BCUT2D eigenvalue weighted by molar-refractivity contribution is 9.10. The normalized spacial score (nSPS) is 25.0. The first-order valence-corrected chi connectivity index (χ1v) is 7.51. The average Bonchev–Trinajstić information content (AvgIpc) is 2.77. The first-order chi connectivity index (χ1) is 9.13. The summed E-state index contributed by atoms with van der Waals surface area (Å²) in [6.07, 6.45) is 4.08. The lowest BCUT2D eigenvalue weighted by Crippen LogP contribution is -2.53. The Hall–Kier alpha value is -0.910. The van der Waals surface area contributed by atoms with Crippen molar-refractivity contribution in [2.75, 3.05) is 13.1 Å². The molecule has 0 amide bonds. The Labute approximate surface area is 121 Å². The van der Waals surface area contributed by atoms with Gasteiger partial charge in [0.05, 0.1) is 11.9 Å². The fourth-order valence-corrected chi connectivity index (χ4v) is 2.98. The summed E-state index contributed by atoms with van der Waals surface area (Å²) in [5, 5.41) is 3.52. The summed E-state index contributed by atoms with van der Waals surface area (Å²) >= 11 is 3.53. The molecule has 0 radical (unpaired) electrons. The van der Waals surface area contributed by atoms with E-state index in [-0.39, 0.29) is 0 Å². The Morgan fingerprint density at radius 2 is 2.26 bits per heavy atom. The molecule has 2 aromatic heterocycles. The number of pyridine rings is 1. The molecule has 2 atom stereocenters. The molecular weight excluding hydrogens is 304 g/mol. The lowest BCUT2D eigenvalue weighted by molar-refractivity contribution is 0.137. The molecule has 3 rings (SSSR count). The van der Waals surface area contributed by atoms with E-state index in [1.54, 1.807) is 0 Å². The molecule has 0 bridgehead atoms. The molecule has 2 unspecified atom stereocenters. The van der Waals surface area contributed by atoms with Crippen LogP contribution in [0.5, 0.6) is 0 Å². The predicted octanol–water partition coefficient (Wildman–Crippen LogP) is 2.28. The van der Waals surface area contributed by atoms with Crippen molar-refractivity contribution < 1.29 is 0 Å². The molecule has 3 heterocycles. The van der Waals surface area contributed by atoms with Gasteiger partial charge in [-0.1, -0.05) is 0 Å². The number of nitrogens with one attached hydrogen (secondary N) is 1. The molecular formula is C14H19BrN4. The summed E-state index contributed by atoms with van der Waals surface area (Å²) in [6, 6.07) is 5.19. The summed E-state index contributed by atoms with van der Waals surface area (Å²) in [5.74, 6) is 0. The Balaban J connectivity index is 1.86. The van der Waals surface area contributed by atoms with Gasteiger partial charge in [-0.05, 0) is 41.9 Å². The number of imidazole rings is 1. The molecule has 0 saturated carbocycles. The second-order valence-corrected chi connectivity index (χ2v) is 6.33. The average molecular weight is 323 g/mol. The molecule has 1 saturated heterocycles. The lowest BCUT2D eigenvalue weighted by Gasteiger charge is -2.37. The second kappa shape index (κ2) is 5.23. The fourth-order valence-electron chi connectivity index (χ4n) is 2.65. The number of aromatic nitrogens is 2. The molecule has 0 aromatic carbocycles. The number of hydrogen-bond donors (Lipinski definition) is 1. The largest absolute Gasteiger partial charge is 0.311 e. The van der Waals surface area contributed by atoms with Crippen molar-refractivity contribution in [1.82, 2.24) is 19.6 Å². The zero-order valence-electron chi connectivity index (χ0n) is 11.3. The van der Waals surface area contributed by atoms with Crippen molar-refractivity contribution in [2.24, 2.45) is 0 Å². The highest BCUT2D eigenvalue weighted by Gasteiger charge is 2.23. The van der Waals surface area contributed by atoms with Crippen molar-refractivity contribution in [3.63, 3.8) is 0 Å². The highest BCUT2D eigenvalue weighted by atomic mass is 79.9. The molecule has 1 fully saturated rings. The fraction of sp³-hybridized carbons (Fsp3) is 0.500. The van der Waals surface area contributed by atoms with Crippen molar-refractivity contribution in [3.8, 4) is 0 Å². The summed E-state index contributed by atoms with van der Waals surface area (Å²) in [6.45, 7) is 7.61. The smallest absolute Gasteiger partial charge is 0.136 e. The highest BCUT2D eigenvalue weighted by Crippen LogP contribution is 2.17. The lowest BCUT2D eigenvalue weighted by atomic mass is 10.1. The number of rotatable bonds is 2. The number of halogens is 1. The van der Waals surface area contributed by atoms with E-state index in [4.69, 9.17) is 0 Å². The van der Waals surface area contributed by atoms with E-state index in [0.29, 0.717) is 12.1 Å². The Bertz CT molecular complexity index is 580. The van der Waals surface area contributed by atoms with E-state index in [1.807, 2.05) is 18.3 Å². The molecule has 1 N–H and O–H groups in total. The van der Waals surface area contributed by atoms with Crippen LogP contribution in [-0.4, -0.2) is 39.5 Å². The van der Waals surface area contributed by atoms with Gasteiger partial charge in [0.1, 0.15) is 5.65 Å². The minimum atomic E-state index is 0.558. The van der Waals surface area contributed by atoms with E-state index in [9.17, 15) is 0 Å². The van der Waals surface area contributed by atoms with Crippen LogP contribution >= 0.6 is 15.9 Å². The van der Waals surface area contributed by atoms with Gasteiger partial charge in [-0.3, -0.25) is 4.90 Å². The van der Waals surface area contributed by atoms with E-state index < -0.39 is 0 Å². The van der Waals surface area contributed by atoms with Crippen LogP contribution in [0.1, 0.15) is 19.5 Å². The predicted molar refractivity (Wildman–Crippen MR) is 80.2 cm³/mol. The van der Waals surface area contributed by atoms with Gasteiger partial charge in [-0.25, -0.2) is 4.98 Å². The molecule has 2 aromatic rings. The topological polar surface area (TPSA) is 32.6 Å². The van der Waals surface area contributed by atoms with Crippen LogP contribution in [0, 0.1) is 0 Å². The standard InChI is InChI=1S/C14H19BrN4/c1-10-7-18(11(2)5-16-10)9-13-6-17-14-4-3-12(15)8-19(13)14/h3-4,6,8,10-11,16H,5,7,9H2,1-2H3. The van der Waals surface area contributed by atoms with Crippen LogP contribution in [0.3, 0.4) is 0 Å². The van der Waals surface area contributed by atoms with Crippen molar-refractivity contribution in [1.29, 1.82) is 0 Å². The van der Waals surface area contributed by atoms with Gasteiger partial charge in [-0.2, -0.15) is 0 Å². The molecule has 4 nitrogen and oxygen atoms in total. The van der Waals surface area contributed by atoms with Crippen LogP contribution < -0.4 is 5.32 Å². The van der Waals surface area contributed by atoms with Crippen LogP contribution in [0.15, 0.2) is 29.0 Å². The zero-order valence-corrected chi connectivity index (χ0v) is 12.9. The molecule has 19 heavy (non-hydrogen) atoms. The molecule has 5 heteroatoms. The van der Waals surface area contributed by atoms with E-state index in [0.717, 1.165) is 29.8 Å². The van der Waals surface area contributed by atoms with Crippen molar-refractivity contribution in [3.05, 3.63) is 34.7 Å². The monoisotopic (exact) mass is 322 g/mol. The van der Waals surface area contributed by atoms with E-state index in [2.05, 4.69) is 55.6 Å². The van der Waals surface area contributed by atoms with Gasteiger partial charge >= 0.3 is 0 Å². The second-order valence-electron chi connectivity index (χ2n) is 5.41. The molecule has 0 aliphatic carbocycles. The van der Waals surface area contributed by atoms with Gasteiger partial charge in [0.2, 0.25) is 0 Å². The first kappa shape index (κ1) is 13.1. The third-order valence-electron chi connectivity index (χ3n) is 3.80. The van der Waals surface area contributed by atoms with Gasteiger partial charge in [-0.15, -0.1) is 0 Å². The Morgan fingerprint density at radius 3 is 3.11 bits per heavy atom. The maximum Gasteiger partial charge on any atom is 0.136 e. The van der Waals surface area contributed by atoms with Gasteiger partial charge in [0.25, 0.3) is 0 Å². The molecule has 0 spiro atoms. The van der Waals surface area contributed by atoms with Crippen LogP contribution in [0.2, 0.25) is 0 Å². The zero-order chi connectivity index (χ0) is 13.4. The molecule has 102 valence electrons. The first-order valence-electron chi connectivity index (χ1n) is 6.72. The molecule has 1 aliphatic heterocycles. The van der Waals surface area contributed by atoms with Crippen LogP contribution in [0.25, 0.3) is 5.65 Å². The van der Waals surface area contributed by atoms with Gasteiger partial charge in [0, 0.05) is 42.4 Å². The quantitative estimate of drug-likeness (QED) is 0.920. The maximum atomic E-state index is 4.47. The third-order valence-corrected chi connectivity index (χ3v) is 4.27. The summed E-state index contributed by atoms with van der Waals surface area (Å²) in [5.41, 5.74) is 2.26.